The molecule has 0 bridgehead atoms. The predicted octanol–water partition coefficient (Wildman–Crippen LogP) is 0.684. The van der Waals surface area contributed by atoms with Crippen LogP contribution in [0.15, 0.2) is 23.1 Å². The Morgan fingerprint density at radius 1 is 1.29 bits per heavy atom. The first kappa shape index (κ1) is 8.94. The van der Waals surface area contributed by atoms with E-state index in [-0.39, 0.29) is 0 Å². The van der Waals surface area contributed by atoms with Gasteiger partial charge in [-0.05, 0) is 39.2 Å². The zero-order valence-corrected chi connectivity index (χ0v) is 10.5. The molecule has 92 valence electrons. The van der Waals surface area contributed by atoms with Gasteiger partial charge >= 0.3 is 7.12 Å². The van der Waals surface area contributed by atoms with Crippen LogP contribution in [-0.4, -0.2) is 22.9 Å². The Morgan fingerprint density at radius 3 is 2.35 bits per heavy atom. The van der Waals surface area contributed by atoms with Crippen molar-refractivity contribution >= 4 is 12.6 Å². The second-order valence-corrected chi connectivity index (χ2v) is 5.26. The second kappa shape index (κ2) is 3.72. The number of hydrogen-bond acceptors (Lipinski definition) is 3. The van der Waals surface area contributed by atoms with Crippen molar-refractivity contribution in [2.75, 3.05) is 0 Å². The summed E-state index contributed by atoms with van der Waals surface area (Å²) < 4.78 is 34.1. The van der Waals surface area contributed by atoms with Crippen LogP contribution in [0.1, 0.15) is 31.8 Å². The van der Waals surface area contributed by atoms with E-state index in [0.29, 0.717) is 10.0 Å². The van der Waals surface area contributed by atoms with Crippen LogP contribution in [0.5, 0.6) is 0 Å². The predicted molar refractivity (Wildman–Crippen MR) is 67.4 cm³/mol. The Morgan fingerprint density at radius 2 is 1.88 bits per heavy atom. The fourth-order valence-corrected chi connectivity index (χ4v) is 1.62. The van der Waals surface area contributed by atoms with Gasteiger partial charge in [0.05, 0.1) is 11.2 Å². The van der Waals surface area contributed by atoms with Gasteiger partial charge in [-0.25, -0.2) is 0 Å². The Bertz CT molecular complexity index is 564. The molecule has 0 unspecified atom stereocenters. The average Bonchev–Trinajstić information content (AvgIpc) is 2.46. The van der Waals surface area contributed by atoms with Gasteiger partial charge in [0.1, 0.15) is 0 Å². The maximum Gasteiger partial charge on any atom is 0.495 e. The summed E-state index contributed by atoms with van der Waals surface area (Å²) in [5.74, 6) is 0. The molecule has 0 aliphatic carbocycles. The Labute approximate surface area is 106 Å². The lowest BCUT2D eigenvalue weighted by molar-refractivity contribution is 0.00578. The first-order valence-corrected chi connectivity index (χ1v) is 5.53. The monoisotopic (exact) mass is 239 g/mol. The van der Waals surface area contributed by atoms with E-state index >= 15 is 0 Å². The highest BCUT2D eigenvalue weighted by Gasteiger charge is 2.51. The molecule has 1 aliphatic rings. The molecule has 0 aromatic carbocycles. The van der Waals surface area contributed by atoms with E-state index < -0.39 is 30.9 Å². The van der Waals surface area contributed by atoms with Crippen LogP contribution < -0.4 is 11.0 Å². The second-order valence-electron chi connectivity index (χ2n) is 5.26. The molecule has 4 nitrogen and oxygen atoms in total. The van der Waals surface area contributed by atoms with Crippen LogP contribution in [0.2, 0.25) is 0 Å². The van der Waals surface area contributed by atoms with Gasteiger partial charge in [0.25, 0.3) is 0 Å². The third-order valence-electron chi connectivity index (χ3n) is 3.47. The molecule has 0 spiro atoms. The van der Waals surface area contributed by atoms with Crippen molar-refractivity contribution in [2.45, 2.75) is 38.9 Å². The summed E-state index contributed by atoms with van der Waals surface area (Å²) in [6.45, 7) is 5.17. The minimum atomic E-state index is -2.48. The van der Waals surface area contributed by atoms with E-state index in [9.17, 15) is 4.79 Å². The molecule has 1 aromatic rings. The summed E-state index contributed by atoms with van der Waals surface area (Å²) in [4.78, 5) is 11.9. The summed E-state index contributed by atoms with van der Waals surface area (Å²) in [5, 5.41) is 0. The van der Waals surface area contributed by atoms with Gasteiger partial charge in [0.2, 0.25) is 5.56 Å². The van der Waals surface area contributed by atoms with Crippen molar-refractivity contribution in [3.05, 3.63) is 28.7 Å². The number of aromatic nitrogens is 1. The molecule has 0 saturated carbocycles. The van der Waals surface area contributed by atoms with Crippen LogP contribution in [0.3, 0.4) is 0 Å². The van der Waals surface area contributed by atoms with Crippen LogP contribution in [0, 0.1) is 0 Å². The molecule has 0 radical (unpaired) electrons. The van der Waals surface area contributed by atoms with Gasteiger partial charge in [0, 0.05) is 23.4 Å². The van der Waals surface area contributed by atoms with Gasteiger partial charge < -0.3 is 13.9 Å². The van der Waals surface area contributed by atoms with Crippen molar-refractivity contribution in [2.24, 2.45) is 6.98 Å². The molecule has 17 heavy (non-hydrogen) atoms. The van der Waals surface area contributed by atoms with E-state index in [1.54, 1.807) is 0 Å². The number of rotatable bonds is 1. The zero-order valence-electron chi connectivity index (χ0n) is 13.5. The molecular weight excluding hydrogens is 218 g/mol. The normalized spacial score (nSPS) is 25.2. The molecular formula is C12H18BNO3. The lowest BCUT2D eigenvalue weighted by Gasteiger charge is -2.32. The average molecular weight is 239 g/mol. The Hall–Kier alpha value is -1.07. The summed E-state index contributed by atoms with van der Waals surface area (Å²) in [6.07, 6.45) is 1.25. The zero-order chi connectivity index (χ0) is 15.3. The van der Waals surface area contributed by atoms with Crippen molar-refractivity contribution in [1.82, 2.24) is 4.57 Å². The molecule has 5 heteroatoms. The summed E-state index contributed by atoms with van der Waals surface area (Å²) in [5.41, 5.74) is -1.08. The quantitative estimate of drug-likeness (QED) is 0.534. The van der Waals surface area contributed by atoms with E-state index in [1.165, 1.54) is 18.3 Å². The molecule has 0 N–H and O–H groups in total. The fourth-order valence-electron chi connectivity index (χ4n) is 1.62. The first-order chi connectivity index (χ1) is 8.94. The number of aryl methyl sites for hydroxylation is 1. The lowest BCUT2D eigenvalue weighted by atomic mass is 9.80. The van der Waals surface area contributed by atoms with Crippen LogP contribution in [0.25, 0.3) is 0 Å². The third kappa shape index (κ3) is 2.05. The molecule has 2 heterocycles. The summed E-state index contributed by atoms with van der Waals surface area (Å²) in [6, 6.07) is 2.78. The SMILES string of the molecule is [2H][13C]([2H])([2H])n1ccc(B2OC(C)(C)C(C)(C)O2)cc1=O. The van der Waals surface area contributed by atoms with Crippen molar-refractivity contribution in [3.8, 4) is 0 Å². The summed E-state index contributed by atoms with van der Waals surface area (Å²) in [7, 11) is -0.668. The third-order valence-corrected chi connectivity index (χ3v) is 3.47. The van der Waals surface area contributed by atoms with E-state index in [4.69, 9.17) is 13.4 Å². The van der Waals surface area contributed by atoms with Gasteiger partial charge in [-0.1, -0.05) is 0 Å². The number of pyridine rings is 1. The molecule has 1 aromatic heterocycles. The van der Waals surface area contributed by atoms with Gasteiger partial charge in [0.15, 0.2) is 0 Å². The van der Waals surface area contributed by atoms with E-state index in [0.717, 1.165) is 0 Å². The molecule has 1 fully saturated rings. The number of nitrogens with zero attached hydrogens (tertiary/aromatic N) is 1. The highest BCUT2D eigenvalue weighted by Crippen LogP contribution is 2.36. The molecule has 0 atom stereocenters. The minimum Gasteiger partial charge on any atom is -0.399 e. The standard InChI is InChI=1S/C12H18BNO3/c1-11(2)12(3,4)17-13(16-11)9-6-7-14(5)10(15)8-9/h6-8H,1-5H3/i5+1D3. The molecule has 2 rings (SSSR count). The highest BCUT2D eigenvalue weighted by atomic mass is 16.7. The molecule has 1 aliphatic heterocycles. The van der Waals surface area contributed by atoms with Crippen LogP contribution >= 0.6 is 0 Å². The Balaban J connectivity index is 2.34. The highest BCUT2D eigenvalue weighted by molar-refractivity contribution is 6.62. The maximum absolute atomic E-state index is 11.9. The van der Waals surface area contributed by atoms with Crippen molar-refractivity contribution in [3.63, 3.8) is 0 Å². The van der Waals surface area contributed by atoms with Crippen LogP contribution in [-0.2, 0) is 16.3 Å². The van der Waals surface area contributed by atoms with Crippen molar-refractivity contribution < 1.29 is 13.4 Å². The minimum absolute atomic E-state index is 0.503. The Kier molecular flexibility index (Phi) is 1.96. The largest absolute Gasteiger partial charge is 0.495 e. The topological polar surface area (TPSA) is 40.5 Å². The summed E-state index contributed by atoms with van der Waals surface area (Å²) >= 11 is 0. The van der Waals surface area contributed by atoms with E-state index in [2.05, 4.69) is 0 Å². The van der Waals surface area contributed by atoms with Gasteiger partial charge in [-0.3, -0.25) is 4.79 Å². The lowest BCUT2D eigenvalue weighted by Crippen LogP contribution is -2.41. The van der Waals surface area contributed by atoms with Crippen molar-refractivity contribution in [1.29, 1.82) is 0 Å². The fraction of sp³-hybridized carbons (Fsp3) is 0.583. The van der Waals surface area contributed by atoms with Crippen LogP contribution in [0.4, 0.5) is 0 Å². The number of hydrogen-bond donors (Lipinski definition) is 0. The molecule has 1 saturated heterocycles. The maximum atomic E-state index is 11.9. The smallest absolute Gasteiger partial charge is 0.399 e. The van der Waals surface area contributed by atoms with E-state index in [1.807, 2.05) is 27.7 Å². The first-order valence-electron chi connectivity index (χ1n) is 7.03. The van der Waals surface area contributed by atoms with Gasteiger partial charge in [-0.15, -0.1) is 0 Å². The molecule has 0 amide bonds. The van der Waals surface area contributed by atoms with Gasteiger partial charge in [-0.2, -0.15) is 0 Å².